The summed E-state index contributed by atoms with van der Waals surface area (Å²) in [5.74, 6) is 1.22. The van der Waals surface area contributed by atoms with Crippen LogP contribution in [0.25, 0.3) is 0 Å². The van der Waals surface area contributed by atoms with Crippen LogP contribution in [0.1, 0.15) is 32.6 Å². The summed E-state index contributed by atoms with van der Waals surface area (Å²) in [6.07, 6.45) is 6.33. The van der Waals surface area contributed by atoms with Crippen LogP contribution >= 0.6 is 0 Å². The van der Waals surface area contributed by atoms with Crippen LogP contribution in [0.5, 0.6) is 0 Å². The second-order valence-corrected chi connectivity index (χ2v) is 4.91. The van der Waals surface area contributed by atoms with Gasteiger partial charge in [-0.3, -0.25) is 4.79 Å². The molecular formula is C12H20N4O. The standard InChI is InChI=1S/C12H20N4O/c1-8-5-3-4-6-9(8)16(2)11-10(13)12(17)15-7-14-11/h7-9H,3-6,13H2,1-2H3,(H,14,15,17). The molecule has 0 saturated heterocycles. The number of nitrogen functional groups attached to an aromatic ring is 1. The molecule has 1 fully saturated rings. The van der Waals surface area contributed by atoms with Crippen LogP contribution in [0.2, 0.25) is 0 Å². The molecule has 3 N–H and O–H groups in total. The Morgan fingerprint density at radius 2 is 2.18 bits per heavy atom. The van der Waals surface area contributed by atoms with Gasteiger partial charge in [0.15, 0.2) is 5.82 Å². The van der Waals surface area contributed by atoms with Crippen molar-refractivity contribution >= 4 is 11.5 Å². The van der Waals surface area contributed by atoms with Gasteiger partial charge in [0, 0.05) is 13.1 Å². The van der Waals surface area contributed by atoms with Crippen LogP contribution in [-0.4, -0.2) is 23.1 Å². The van der Waals surface area contributed by atoms with Gasteiger partial charge in [-0.05, 0) is 18.8 Å². The van der Waals surface area contributed by atoms with Gasteiger partial charge in [-0.1, -0.05) is 19.8 Å². The minimum atomic E-state index is -0.259. The molecule has 2 atom stereocenters. The highest BCUT2D eigenvalue weighted by Gasteiger charge is 2.27. The van der Waals surface area contributed by atoms with Crippen molar-refractivity contribution in [2.45, 2.75) is 38.6 Å². The van der Waals surface area contributed by atoms with Crippen molar-refractivity contribution in [2.24, 2.45) is 5.92 Å². The first-order valence-corrected chi connectivity index (χ1v) is 6.17. The van der Waals surface area contributed by atoms with Gasteiger partial charge in [-0.25, -0.2) is 4.98 Å². The van der Waals surface area contributed by atoms with Gasteiger partial charge in [0.25, 0.3) is 5.56 Å². The van der Waals surface area contributed by atoms with E-state index in [-0.39, 0.29) is 11.2 Å². The van der Waals surface area contributed by atoms with E-state index in [4.69, 9.17) is 5.73 Å². The van der Waals surface area contributed by atoms with Gasteiger partial charge < -0.3 is 15.6 Å². The lowest BCUT2D eigenvalue weighted by molar-refractivity contribution is 0.320. The summed E-state index contributed by atoms with van der Waals surface area (Å²) in [5.41, 5.74) is 5.74. The number of anilines is 2. The van der Waals surface area contributed by atoms with Crippen LogP contribution in [0.3, 0.4) is 0 Å². The van der Waals surface area contributed by atoms with Crippen molar-refractivity contribution in [3.05, 3.63) is 16.7 Å². The Bertz CT molecular complexity index is 442. The number of H-pyrrole nitrogens is 1. The summed E-state index contributed by atoms with van der Waals surface area (Å²) in [7, 11) is 1.98. The zero-order valence-electron chi connectivity index (χ0n) is 10.4. The normalized spacial score (nSPS) is 24.6. The quantitative estimate of drug-likeness (QED) is 0.813. The molecule has 94 valence electrons. The second kappa shape index (κ2) is 4.77. The summed E-state index contributed by atoms with van der Waals surface area (Å²) in [6, 6.07) is 0.431. The highest BCUT2D eigenvalue weighted by molar-refractivity contribution is 5.61. The molecule has 5 nitrogen and oxygen atoms in total. The van der Waals surface area contributed by atoms with Gasteiger partial charge in [-0.15, -0.1) is 0 Å². The van der Waals surface area contributed by atoms with E-state index in [0.717, 1.165) is 6.42 Å². The molecule has 0 radical (unpaired) electrons. The topological polar surface area (TPSA) is 75.0 Å². The first-order chi connectivity index (χ1) is 8.11. The van der Waals surface area contributed by atoms with Crippen molar-refractivity contribution in [2.75, 3.05) is 17.7 Å². The molecule has 17 heavy (non-hydrogen) atoms. The first kappa shape index (κ1) is 12.0. The summed E-state index contributed by atoms with van der Waals surface area (Å²) >= 11 is 0. The minimum Gasteiger partial charge on any atom is -0.391 e. The van der Waals surface area contributed by atoms with Crippen molar-refractivity contribution < 1.29 is 0 Å². The van der Waals surface area contributed by atoms with E-state index in [0.29, 0.717) is 17.8 Å². The summed E-state index contributed by atoms with van der Waals surface area (Å²) in [6.45, 7) is 2.25. The molecule has 5 heteroatoms. The van der Waals surface area contributed by atoms with Gasteiger partial charge in [-0.2, -0.15) is 0 Å². The molecule has 2 rings (SSSR count). The molecule has 0 spiro atoms. The molecule has 0 bridgehead atoms. The highest BCUT2D eigenvalue weighted by atomic mass is 16.1. The Kier molecular flexibility index (Phi) is 3.36. The zero-order chi connectivity index (χ0) is 12.4. The number of nitrogens with one attached hydrogen (secondary N) is 1. The maximum atomic E-state index is 11.5. The third kappa shape index (κ3) is 2.28. The highest BCUT2D eigenvalue weighted by Crippen LogP contribution is 2.30. The largest absolute Gasteiger partial charge is 0.391 e. The molecule has 1 aromatic rings. The van der Waals surface area contributed by atoms with E-state index < -0.39 is 0 Å². The molecular weight excluding hydrogens is 216 g/mol. The lowest BCUT2D eigenvalue weighted by Gasteiger charge is -2.37. The Balaban J connectivity index is 2.26. The van der Waals surface area contributed by atoms with Gasteiger partial charge >= 0.3 is 0 Å². The maximum Gasteiger partial charge on any atom is 0.276 e. The smallest absolute Gasteiger partial charge is 0.276 e. The van der Waals surface area contributed by atoms with Crippen molar-refractivity contribution in [1.82, 2.24) is 9.97 Å². The molecule has 1 heterocycles. The van der Waals surface area contributed by atoms with Gasteiger partial charge in [0.1, 0.15) is 5.69 Å². The molecule has 0 aromatic carbocycles. The van der Waals surface area contributed by atoms with E-state index in [1.807, 2.05) is 7.05 Å². The maximum absolute atomic E-state index is 11.5. The Hall–Kier alpha value is -1.52. The lowest BCUT2D eigenvalue weighted by atomic mass is 9.85. The Morgan fingerprint density at radius 3 is 2.88 bits per heavy atom. The van der Waals surface area contributed by atoms with Crippen molar-refractivity contribution in [3.8, 4) is 0 Å². The Labute approximate surface area is 101 Å². The van der Waals surface area contributed by atoms with Crippen LogP contribution < -0.4 is 16.2 Å². The molecule has 1 aromatic heterocycles. The fraction of sp³-hybridized carbons (Fsp3) is 0.667. The molecule has 0 aliphatic heterocycles. The first-order valence-electron chi connectivity index (χ1n) is 6.17. The number of nitrogens with zero attached hydrogens (tertiary/aromatic N) is 2. The van der Waals surface area contributed by atoms with E-state index >= 15 is 0 Å². The predicted octanol–water partition coefficient (Wildman–Crippen LogP) is 1.37. The van der Waals surface area contributed by atoms with Crippen LogP contribution in [0.4, 0.5) is 11.5 Å². The number of nitrogens with two attached hydrogens (primary N) is 1. The molecule has 2 unspecified atom stereocenters. The molecule has 0 amide bonds. The minimum absolute atomic E-state index is 0.216. The monoisotopic (exact) mass is 236 g/mol. The predicted molar refractivity (Wildman–Crippen MR) is 69.1 cm³/mol. The SMILES string of the molecule is CC1CCCCC1N(C)c1nc[nH]c(=O)c1N. The third-order valence-corrected chi connectivity index (χ3v) is 3.77. The molecule has 1 aliphatic rings. The fourth-order valence-electron chi connectivity index (χ4n) is 2.71. The van der Waals surface area contributed by atoms with Crippen LogP contribution in [0.15, 0.2) is 11.1 Å². The van der Waals surface area contributed by atoms with Crippen molar-refractivity contribution in [1.29, 1.82) is 0 Å². The van der Waals surface area contributed by atoms with E-state index in [2.05, 4.69) is 21.8 Å². The molecule has 1 aliphatic carbocycles. The van der Waals surface area contributed by atoms with E-state index in [1.54, 1.807) is 0 Å². The Morgan fingerprint density at radius 1 is 1.47 bits per heavy atom. The summed E-state index contributed by atoms with van der Waals surface area (Å²) in [5, 5.41) is 0. The van der Waals surface area contributed by atoms with E-state index in [9.17, 15) is 4.79 Å². The molecule has 1 saturated carbocycles. The summed E-state index contributed by atoms with van der Waals surface area (Å²) < 4.78 is 0. The third-order valence-electron chi connectivity index (χ3n) is 3.77. The van der Waals surface area contributed by atoms with Gasteiger partial charge in [0.05, 0.1) is 6.33 Å². The summed E-state index contributed by atoms with van der Waals surface area (Å²) in [4.78, 5) is 20.2. The van der Waals surface area contributed by atoms with Crippen molar-refractivity contribution in [3.63, 3.8) is 0 Å². The van der Waals surface area contributed by atoms with E-state index in [1.165, 1.54) is 25.6 Å². The number of aromatic amines is 1. The van der Waals surface area contributed by atoms with Gasteiger partial charge in [0.2, 0.25) is 0 Å². The zero-order valence-corrected chi connectivity index (χ0v) is 10.4. The number of aromatic nitrogens is 2. The lowest BCUT2D eigenvalue weighted by Crippen LogP contribution is -2.40. The fourth-order valence-corrected chi connectivity index (χ4v) is 2.71. The second-order valence-electron chi connectivity index (χ2n) is 4.91. The number of hydrogen-bond donors (Lipinski definition) is 2. The number of rotatable bonds is 2. The average Bonchev–Trinajstić information content (AvgIpc) is 2.32. The number of hydrogen-bond acceptors (Lipinski definition) is 4. The van der Waals surface area contributed by atoms with Crippen LogP contribution in [-0.2, 0) is 0 Å². The average molecular weight is 236 g/mol. The van der Waals surface area contributed by atoms with Crippen LogP contribution in [0, 0.1) is 5.92 Å².